The minimum absolute atomic E-state index is 0.0202. The number of nitrogens with zero attached hydrogens (tertiary/aromatic N) is 1. The van der Waals surface area contributed by atoms with E-state index in [4.69, 9.17) is 4.74 Å². The van der Waals surface area contributed by atoms with E-state index in [-0.39, 0.29) is 23.9 Å². The molecule has 120 valence electrons. The van der Waals surface area contributed by atoms with Gasteiger partial charge < -0.3 is 15.0 Å². The van der Waals surface area contributed by atoms with Crippen LogP contribution in [0, 0.1) is 0 Å². The monoisotopic (exact) mass is 304 g/mol. The smallest absolute Gasteiger partial charge is 0.246 e. The van der Waals surface area contributed by atoms with Crippen molar-refractivity contribution in [3.8, 4) is 5.75 Å². The number of hydrogen-bond donors (Lipinski definition) is 1. The molecule has 5 nitrogen and oxygen atoms in total. The van der Waals surface area contributed by atoms with Crippen LogP contribution in [0.2, 0.25) is 0 Å². The molecule has 0 fully saturated rings. The number of carbonyl (C=O) groups excluding carboxylic acids is 2. The standard InChI is InChI=1S/C17H24N2O3/c1-17(2,3)18-15(20)12-19(4)16(21)11-10-13-8-6-7-9-14(13)22-5/h6-11H,12H2,1-5H3,(H,18,20). The molecule has 2 amide bonds. The van der Waals surface area contributed by atoms with E-state index < -0.39 is 0 Å². The van der Waals surface area contributed by atoms with Crippen molar-refractivity contribution in [1.82, 2.24) is 10.2 Å². The number of nitrogens with one attached hydrogen (secondary N) is 1. The Kier molecular flexibility index (Phi) is 6.16. The van der Waals surface area contributed by atoms with Crippen LogP contribution in [0.1, 0.15) is 26.3 Å². The number of carbonyl (C=O) groups is 2. The summed E-state index contributed by atoms with van der Waals surface area (Å²) in [4.78, 5) is 25.2. The van der Waals surface area contributed by atoms with Gasteiger partial charge in [0.15, 0.2) is 0 Å². The quantitative estimate of drug-likeness (QED) is 0.847. The van der Waals surface area contributed by atoms with E-state index in [9.17, 15) is 9.59 Å². The van der Waals surface area contributed by atoms with Crippen molar-refractivity contribution in [3.63, 3.8) is 0 Å². The molecule has 5 heteroatoms. The number of rotatable bonds is 5. The molecule has 0 heterocycles. The van der Waals surface area contributed by atoms with Crippen LogP contribution in [0.5, 0.6) is 5.75 Å². The van der Waals surface area contributed by atoms with Crippen LogP contribution < -0.4 is 10.1 Å². The first-order valence-electron chi connectivity index (χ1n) is 7.10. The second-order valence-electron chi connectivity index (χ2n) is 6.07. The molecule has 1 aromatic rings. The number of likely N-dealkylation sites (N-methyl/N-ethyl adjacent to an activating group) is 1. The molecule has 0 aromatic heterocycles. The average molecular weight is 304 g/mol. The zero-order chi connectivity index (χ0) is 16.8. The molecule has 0 aliphatic rings. The SMILES string of the molecule is COc1ccccc1C=CC(=O)N(C)CC(=O)NC(C)(C)C. The van der Waals surface area contributed by atoms with Crippen LogP contribution in [0.3, 0.4) is 0 Å². The van der Waals surface area contributed by atoms with Crippen molar-refractivity contribution >= 4 is 17.9 Å². The minimum atomic E-state index is -0.311. The van der Waals surface area contributed by atoms with Gasteiger partial charge in [0.05, 0.1) is 13.7 Å². The van der Waals surface area contributed by atoms with Crippen molar-refractivity contribution < 1.29 is 14.3 Å². The highest BCUT2D eigenvalue weighted by Crippen LogP contribution is 2.18. The summed E-state index contributed by atoms with van der Waals surface area (Å²) in [6, 6.07) is 7.41. The van der Waals surface area contributed by atoms with E-state index >= 15 is 0 Å². The number of benzene rings is 1. The molecule has 1 rings (SSSR count). The van der Waals surface area contributed by atoms with E-state index in [1.54, 1.807) is 20.2 Å². The van der Waals surface area contributed by atoms with Gasteiger partial charge in [-0.1, -0.05) is 18.2 Å². The molecule has 0 saturated heterocycles. The van der Waals surface area contributed by atoms with Crippen molar-refractivity contribution in [2.24, 2.45) is 0 Å². The van der Waals surface area contributed by atoms with E-state index in [1.165, 1.54) is 11.0 Å². The third kappa shape index (κ3) is 5.99. The lowest BCUT2D eigenvalue weighted by molar-refractivity contribution is -0.131. The van der Waals surface area contributed by atoms with Crippen molar-refractivity contribution in [1.29, 1.82) is 0 Å². The molecule has 0 spiro atoms. The average Bonchev–Trinajstić information content (AvgIpc) is 2.42. The summed E-state index contributed by atoms with van der Waals surface area (Å²) < 4.78 is 5.22. The topological polar surface area (TPSA) is 58.6 Å². The largest absolute Gasteiger partial charge is 0.496 e. The van der Waals surface area contributed by atoms with Crippen molar-refractivity contribution in [2.75, 3.05) is 20.7 Å². The normalized spacial score (nSPS) is 11.3. The highest BCUT2D eigenvalue weighted by molar-refractivity contribution is 5.94. The Bertz CT molecular complexity index is 559. The van der Waals surface area contributed by atoms with Crippen LogP contribution in [0.15, 0.2) is 30.3 Å². The number of hydrogen-bond acceptors (Lipinski definition) is 3. The maximum atomic E-state index is 12.0. The predicted octanol–water partition coefficient (Wildman–Crippen LogP) is 2.08. The lowest BCUT2D eigenvalue weighted by atomic mass is 10.1. The molecular formula is C17H24N2O3. The molecule has 22 heavy (non-hydrogen) atoms. The molecule has 0 atom stereocenters. The van der Waals surface area contributed by atoms with E-state index in [1.807, 2.05) is 45.0 Å². The summed E-state index contributed by atoms with van der Waals surface area (Å²) in [5.74, 6) is 0.267. The summed E-state index contributed by atoms with van der Waals surface area (Å²) >= 11 is 0. The van der Waals surface area contributed by atoms with Gasteiger partial charge in [0, 0.05) is 24.2 Å². The van der Waals surface area contributed by atoms with Gasteiger partial charge in [-0.2, -0.15) is 0 Å². The minimum Gasteiger partial charge on any atom is -0.496 e. The third-order valence-electron chi connectivity index (χ3n) is 2.82. The summed E-state index contributed by atoms with van der Waals surface area (Å²) in [6.07, 6.45) is 3.11. The second kappa shape index (κ2) is 7.64. The zero-order valence-electron chi connectivity index (χ0n) is 13.8. The summed E-state index contributed by atoms with van der Waals surface area (Å²) in [5, 5.41) is 2.82. The van der Waals surface area contributed by atoms with Gasteiger partial charge in [0.25, 0.3) is 0 Å². The van der Waals surface area contributed by atoms with E-state index in [2.05, 4.69) is 5.32 Å². The summed E-state index contributed by atoms with van der Waals surface area (Å²) in [6.45, 7) is 5.71. The highest BCUT2D eigenvalue weighted by atomic mass is 16.5. The Hall–Kier alpha value is -2.30. The molecule has 0 radical (unpaired) electrons. The van der Waals surface area contributed by atoms with Gasteiger partial charge in [-0.05, 0) is 32.9 Å². The first kappa shape index (κ1) is 17.8. The van der Waals surface area contributed by atoms with Crippen LogP contribution in [-0.4, -0.2) is 43.0 Å². The van der Waals surface area contributed by atoms with Crippen molar-refractivity contribution in [3.05, 3.63) is 35.9 Å². The van der Waals surface area contributed by atoms with Gasteiger partial charge in [-0.15, -0.1) is 0 Å². The van der Waals surface area contributed by atoms with Gasteiger partial charge in [-0.3, -0.25) is 9.59 Å². The number of ether oxygens (including phenoxy) is 1. The molecule has 0 aliphatic carbocycles. The molecule has 1 aromatic carbocycles. The lowest BCUT2D eigenvalue weighted by Crippen LogP contribution is -2.46. The molecule has 0 bridgehead atoms. The summed E-state index contributed by atoms with van der Waals surface area (Å²) in [7, 11) is 3.18. The number of para-hydroxylation sites is 1. The predicted molar refractivity (Wildman–Crippen MR) is 87.6 cm³/mol. The maximum absolute atomic E-state index is 12.0. The first-order valence-corrected chi connectivity index (χ1v) is 7.10. The first-order chi connectivity index (χ1) is 10.2. The molecular weight excluding hydrogens is 280 g/mol. The Labute approximate surface area is 132 Å². The number of amides is 2. The molecule has 0 saturated carbocycles. The molecule has 1 N–H and O–H groups in total. The molecule has 0 unspecified atom stereocenters. The third-order valence-corrected chi connectivity index (χ3v) is 2.82. The Morgan fingerprint density at radius 2 is 1.91 bits per heavy atom. The highest BCUT2D eigenvalue weighted by Gasteiger charge is 2.16. The Balaban J connectivity index is 2.64. The second-order valence-corrected chi connectivity index (χ2v) is 6.07. The van der Waals surface area contributed by atoms with Crippen LogP contribution in [0.25, 0.3) is 6.08 Å². The fraction of sp³-hybridized carbons (Fsp3) is 0.412. The van der Waals surface area contributed by atoms with E-state index in [0.717, 1.165) is 5.56 Å². The zero-order valence-corrected chi connectivity index (χ0v) is 13.8. The van der Waals surface area contributed by atoms with Gasteiger partial charge in [0.1, 0.15) is 5.75 Å². The number of methoxy groups -OCH3 is 1. The van der Waals surface area contributed by atoms with Gasteiger partial charge in [0.2, 0.25) is 11.8 Å². The van der Waals surface area contributed by atoms with E-state index in [0.29, 0.717) is 5.75 Å². The molecule has 0 aliphatic heterocycles. The Morgan fingerprint density at radius 3 is 2.50 bits per heavy atom. The van der Waals surface area contributed by atoms with Crippen LogP contribution >= 0.6 is 0 Å². The fourth-order valence-corrected chi connectivity index (χ4v) is 1.84. The van der Waals surface area contributed by atoms with Gasteiger partial charge >= 0.3 is 0 Å². The van der Waals surface area contributed by atoms with Crippen LogP contribution in [0.4, 0.5) is 0 Å². The fourth-order valence-electron chi connectivity index (χ4n) is 1.84. The summed E-state index contributed by atoms with van der Waals surface area (Å²) in [5.41, 5.74) is 0.500. The van der Waals surface area contributed by atoms with Crippen LogP contribution in [-0.2, 0) is 9.59 Å². The van der Waals surface area contributed by atoms with Gasteiger partial charge in [-0.25, -0.2) is 0 Å². The Morgan fingerprint density at radius 1 is 1.27 bits per heavy atom. The van der Waals surface area contributed by atoms with Crippen molar-refractivity contribution in [2.45, 2.75) is 26.3 Å². The lowest BCUT2D eigenvalue weighted by Gasteiger charge is -2.22. The maximum Gasteiger partial charge on any atom is 0.246 e.